The summed E-state index contributed by atoms with van der Waals surface area (Å²) < 4.78 is 1.94. The molecule has 0 saturated heterocycles. The van der Waals surface area contributed by atoms with Crippen LogP contribution in [0.25, 0.3) is 5.69 Å². The Bertz CT molecular complexity index is 529. The van der Waals surface area contributed by atoms with Gasteiger partial charge in [0.05, 0.1) is 5.69 Å². The van der Waals surface area contributed by atoms with E-state index in [0.29, 0.717) is 6.04 Å². The molecule has 0 radical (unpaired) electrons. The minimum absolute atomic E-state index is 0.589. The number of aromatic nitrogens is 2. The largest absolute Gasteiger partial charge is 0.310 e. The quantitative estimate of drug-likeness (QED) is 0.869. The molecule has 0 amide bonds. The molecule has 106 valence electrons. The molecule has 1 heterocycles. The third-order valence-corrected chi connectivity index (χ3v) is 4.30. The van der Waals surface area contributed by atoms with Crippen molar-refractivity contribution in [3.8, 4) is 5.69 Å². The molecule has 1 aromatic carbocycles. The zero-order chi connectivity index (χ0) is 13.8. The Morgan fingerprint density at radius 2 is 2.15 bits per heavy atom. The maximum Gasteiger partial charge on any atom is 0.0690 e. The second-order valence-electron chi connectivity index (χ2n) is 5.89. The average Bonchev–Trinajstić information content (AvgIpc) is 2.95. The molecule has 20 heavy (non-hydrogen) atoms. The van der Waals surface area contributed by atoms with Gasteiger partial charge in [-0.25, -0.2) is 4.68 Å². The van der Waals surface area contributed by atoms with Crippen LogP contribution >= 0.6 is 0 Å². The molecule has 1 aromatic heterocycles. The number of hydrogen-bond donors (Lipinski definition) is 1. The second-order valence-corrected chi connectivity index (χ2v) is 5.89. The summed E-state index contributed by atoms with van der Waals surface area (Å²) in [6, 6.07) is 11.0. The third-order valence-electron chi connectivity index (χ3n) is 4.30. The Morgan fingerprint density at radius 1 is 1.30 bits per heavy atom. The van der Waals surface area contributed by atoms with E-state index in [9.17, 15) is 0 Å². The smallest absolute Gasteiger partial charge is 0.0690 e. The lowest BCUT2D eigenvalue weighted by molar-refractivity contribution is 0.265. The monoisotopic (exact) mass is 269 g/mol. The van der Waals surface area contributed by atoms with Gasteiger partial charge in [0.2, 0.25) is 0 Å². The van der Waals surface area contributed by atoms with Gasteiger partial charge < -0.3 is 5.32 Å². The van der Waals surface area contributed by atoms with Gasteiger partial charge in [0, 0.05) is 25.0 Å². The number of benzene rings is 1. The fourth-order valence-corrected chi connectivity index (χ4v) is 2.89. The Morgan fingerprint density at radius 3 is 2.85 bits per heavy atom. The maximum atomic E-state index is 4.33. The van der Waals surface area contributed by atoms with Crippen LogP contribution in [0.3, 0.4) is 0 Å². The highest BCUT2D eigenvalue weighted by Gasteiger charge is 2.19. The summed E-state index contributed by atoms with van der Waals surface area (Å²) in [5.41, 5.74) is 2.47. The van der Waals surface area contributed by atoms with Crippen molar-refractivity contribution in [3.05, 3.63) is 48.3 Å². The van der Waals surface area contributed by atoms with Crippen molar-refractivity contribution in [1.82, 2.24) is 15.1 Å². The first-order valence-electron chi connectivity index (χ1n) is 7.64. The van der Waals surface area contributed by atoms with E-state index in [1.807, 2.05) is 23.1 Å². The average molecular weight is 269 g/mol. The molecule has 1 fully saturated rings. The first-order valence-corrected chi connectivity index (χ1v) is 7.64. The molecular weight excluding hydrogens is 246 g/mol. The summed E-state index contributed by atoms with van der Waals surface area (Å²) >= 11 is 0. The van der Waals surface area contributed by atoms with Crippen LogP contribution in [0.1, 0.15) is 38.2 Å². The number of para-hydroxylation sites is 1. The lowest BCUT2D eigenvalue weighted by Crippen LogP contribution is -2.30. The molecule has 1 unspecified atom stereocenters. The highest BCUT2D eigenvalue weighted by Crippen LogP contribution is 2.30. The lowest BCUT2D eigenvalue weighted by Gasteiger charge is -2.28. The number of rotatable bonds is 6. The van der Waals surface area contributed by atoms with Crippen molar-refractivity contribution in [2.24, 2.45) is 5.92 Å². The van der Waals surface area contributed by atoms with Gasteiger partial charge in [0.1, 0.15) is 0 Å². The van der Waals surface area contributed by atoms with Gasteiger partial charge in [0.25, 0.3) is 0 Å². The van der Waals surface area contributed by atoms with Crippen LogP contribution in [0.4, 0.5) is 0 Å². The first-order chi connectivity index (χ1) is 9.83. The third kappa shape index (κ3) is 3.10. The normalized spacial score (nSPS) is 16.9. The molecule has 1 aliphatic rings. The van der Waals surface area contributed by atoms with Gasteiger partial charge in [-0.05, 0) is 37.0 Å². The predicted octanol–water partition coefficient (Wildman–Crippen LogP) is 3.54. The van der Waals surface area contributed by atoms with E-state index >= 15 is 0 Å². The molecule has 2 aromatic rings. The van der Waals surface area contributed by atoms with Gasteiger partial charge in [-0.3, -0.25) is 0 Å². The highest BCUT2D eigenvalue weighted by molar-refractivity contribution is 5.40. The van der Waals surface area contributed by atoms with Gasteiger partial charge in [-0.1, -0.05) is 37.5 Å². The van der Waals surface area contributed by atoms with E-state index < -0.39 is 0 Å². The molecule has 3 nitrogen and oxygen atoms in total. The number of nitrogens with zero attached hydrogens (tertiary/aromatic N) is 2. The summed E-state index contributed by atoms with van der Waals surface area (Å²) in [6.45, 7) is 3.21. The molecular formula is C17H23N3. The van der Waals surface area contributed by atoms with Gasteiger partial charge >= 0.3 is 0 Å². The van der Waals surface area contributed by atoms with Crippen LogP contribution in [0.2, 0.25) is 0 Å². The van der Waals surface area contributed by atoms with Crippen LogP contribution in [-0.2, 0) is 6.54 Å². The lowest BCUT2D eigenvalue weighted by atomic mass is 9.81. The van der Waals surface area contributed by atoms with Crippen LogP contribution in [0.15, 0.2) is 42.7 Å². The molecule has 1 N–H and O–H groups in total. The second kappa shape index (κ2) is 6.23. The first kappa shape index (κ1) is 13.4. The van der Waals surface area contributed by atoms with Gasteiger partial charge in [-0.2, -0.15) is 5.10 Å². The Labute approximate surface area is 121 Å². The zero-order valence-electron chi connectivity index (χ0n) is 12.1. The van der Waals surface area contributed by atoms with E-state index in [2.05, 4.69) is 41.6 Å². The SMILES string of the molecule is CC(CC1CCC1)NCc1ccccc1-n1cccn1. The van der Waals surface area contributed by atoms with E-state index in [1.165, 1.54) is 36.9 Å². The van der Waals surface area contributed by atoms with Crippen LogP contribution < -0.4 is 5.32 Å². The van der Waals surface area contributed by atoms with Crippen LogP contribution in [0.5, 0.6) is 0 Å². The van der Waals surface area contributed by atoms with Crippen molar-refractivity contribution < 1.29 is 0 Å². The molecule has 3 heteroatoms. The molecule has 0 bridgehead atoms. The van der Waals surface area contributed by atoms with Crippen molar-refractivity contribution >= 4 is 0 Å². The molecule has 1 atom stereocenters. The van der Waals surface area contributed by atoms with E-state index in [-0.39, 0.29) is 0 Å². The number of nitrogens with one attached hydrogen (secondary N) is 1. The van der Waals surface area contributed by atoms with Crippen molar-refractivity contribution in [1.29, 1.82) is 0 Å². The van der Waals surface area contributed by atoms with Crippen molar-refractivity contribution in [3.63, 3.8) is 0 Å². The van der Waals surface area contributed by atoms with E-state index in [0.717, 1.165) is 12.5 Å². The van der Waals surface area contributed by atoms with E-state index in [4.69, 9.17) is 0 Å². The molecule has 1 aliphatic carbocycles. The summed E-state index contributed by atoms with van der Waals surface area (Å²) in [4.78, 5) is 0. The Hall–Kier alpha value is -1.61. The van der Waals surface area contributed by atoms with Crippen LogP contribution in [0, 0.1) is 5.92 Å². The summed E-state index contributed by atoms with van der Waals surface area (Å²) in [6.07, 6.45) is 9.41. The van der Waals surface area contributed by atoms with Gasteiger partial charge in [-0.15, -0.1) is 0 Å². The van der Waals surface area contributed by atoms with Crippen molar-refractivity contribution in [2.45, 2.75) is 45.2 Å². The fraction of sp³-hybridized carbons (Fsp3) is 0.471. The fourth-order valence-electron chi connectivity index (χ4n) is 2.89. The minimum Gasteiger partial charge on any atom is -0.310 e. The summed E-state index contributed by atoms with van der Waals surface area (Å²) in [5.74, 6) is 0.957. The number of hydrogen-bond acceptors (Lipinski definition) is 2. The molecule has 0 aliphatic heterocycles. The summed E-state index contributed by atoms with van der Waals surface area (Å²) in [7, 11) is 0. The maximum absolute atomic E-state index is 4.33. The predicted molar refractivity (Wildman–Crippen MR) is 81.8 cm³/mol. The Balaban J connectivity index is 1.62. The highest BCUT2D eigenvalue weighted by atomic mass is 15.3. The van der Waals surface area contributed by atoms with E-state index in [1.54, 1.807) is 0 Å². The Kier molecular flexibility index (Phi) is 4.16. The molecule has 0 spiro atoms. The molecule has 1 saturated carbocycles. The summed E-state index contributed by atoms with van der Waals surface area (Å²) in [5, 5.41) is 7.99. The topological polar surface area (TPSA) is 29.9 Å². The van der Waals surface area contributed by atoms with Crippen LogP contribution in [-0.4, -0.2) is 15.8 Å². The van der Waals surface area contributed by atoms with Crippen molar-refractivity contribution in [2.75, 3.05) is 0 Å². The minimum atomic E-state index is 0.589. The standard InChI is InChI=1S/C17H23N3/c1-14(12-15-6-4-7-15)18-13-16-8-2-3-9-17(16)20-11-5-10-19-20/h2-3,5,8-11,14-15,18H,4,6-7,12-13H2,1H3. The molecule has 3 rings (SSSR count). The zero-order valence-corrected chi connectivity index (χ0v) is 12.1. The van der Waals surface area contributed by atoms with Gasteiger partial charge in [0.15, 0.2) is 0 Å².